The molecule has 2 aliphatic heterocycles. The van der Waals surface area contributed by atoms with Crippen molar-refractivity contribution in [1.29, 1.82) is 0 Å². The molecule has 6 heteroatoms. The number of anilines is 1. The van der Waals surface area contributed by atoms with E-state index in [-0.39, 0.29) is 0 Å². The van der Waals surface area contributed by atoms with Gasteiger partial charge in [0.15, 0.2) is 0 Å². The van der Waals surface area contributed by atoms with Crippen LogP contribution in [0.1, 0.15) is 30.0 Å². The third-order valence-electron chi connectivity index (χ3n) is 5.41. The Morgan fingerprint density at radius 3 is 3.04 bits per heavy atom. The van der Waals surface area contributed by atoms with Crippen molar-refractivity contribution in [2.24, 2.45) is 5.92 Å². The summed E-state index contributed by atoms with van der Waals surface area (Å²) in [6.45, 7) is 4.74. The van der Waals surface area contributed by atoms with Gasteiger partial charge in [0.05, 0.1) is 0 Å². The summed E-state index contributed by atoms with van der Waals surface area (Å²) in [5.74, 6) is 2.72. The zero-order valence-electron chi connectivity index (χ0n) is 14.6. The van der Waals surface area contributed by atoms with E-state index >= 15 is 0 Å². The molecule has 2 aromatic heterocycles. The minimum absolute atomic E-state index is 0.337. The van der Waals surface area contributed by atoms with Crippen LogP contribution < -0.4 is 4.90 Å². The van der Waals surface area contributed by atoms with E-state index in [0.29, 0.717) is 24.3 Å². The fourth-order valence-corrected chi connectivity index (χ4v) is 4.85. The summed E-state index contributed by atoms with van der Waals surface area (Å²) in [7, 11) is 0. The van der Waals surface area contributed by atoms with Crippen molar-refractivity contribution in [3.63, 3.8) is 0 Å². The van der Waals surface area contributed by atoms with Crippen molar-refractivity contribution in [2.75, 3.05) is 24.5 Å². The van der Waals surface area contributed by atoms with Crippen LogP contribution in [0.4, 0.5) is 5.82 Å². The number of rotatable bonds is 4. The summed E-state index contributed by atoms with van der Waals surface area (Å²) >= 11 is 1.78. The van der Waals surface area contributed by atoms with Crippen LogP contribution in [-0.4, -0.2) is 46.5 Å². The van der Waals surface area contributed by atoms with Crippen molar-refractivity contribution >= 4 is 23.1 Å². The van der Waals surface area contributed by atoms with Gasteiger partial charge in [0, 0.05) is 43.2 Å². The number of carbonyl (C=O) groups is 1. The van der Waals surface area contributed by atoms with E-state index in [9.17, 15) is 4.79 Å². The first-order valence-electron chi connectivity index (χ1n) is 9.07. The molecule has 2 atom stereocenters. The number of thiophene rings is 1. The van der Waals surface area contributed by atoms with Gasteiger partial charge in [-0.05, 0) is 49.6 Å². The average Bonchev–Trinajstić information content (AvgIpc) is 3.14. The van der Waals surface area contributed by atoms with Crippen LogP contribution in [0.5, 0.6) is 0 Å². The van der Waals surface area contributed by atoms with Gasteiger partial charge in [-0.15, -0.1) is 11.3 Å². The van der Waals surface area contributed by atoms with Crippen molar-refractivity contribution in [1.82, 2.24) is 14.9 Å². The minimum atomic E-state index is 0.337. The van der Waals surface area contributed by atoms with Gasteiger partial charge < -0.3 is 9.80 Å². The molecule has 2 aliphatic rings. The van der Waals surface area contributed by atoms with Crippen LogP contribution in [0.15, 0.2) is 29.8 Å². The van der Waals surface area contributed by atoms with Gasteiger partial charge >= 0.3 is 0 Å². The summed E-state index contributed by atoms with van der Waals surface area (Å²) in [6, 6.07) is 6.63. The van der Waals surface area contributed by atoms with Gasteiger partial charge in [-0.3, -0.25) is 4.79 Å². The molecule has 4 rings (SSSR count). The smallest absolute Gasteiger partial charge is 0.222 e. The lowest BCUT2D eigenvalue weighted by molar-refractivity contribution is -0.139. The minimum Gasteiger partial charge on any atom is -0.356 e. The number of aromatic nitrogens is 2. The lowest BCUT2D eigenvalue weighted by Crippen LogP contribution is -2.56. The molecule has 0 saturated carbocycles. The summed E-state index contributed by atoms with van der Waals surface area (Å²) in [5.41, 5.74) is 0. The number of amides is 1. The number of likely N-dealkylation sites (tertiary alicyclic amines) is 1. The summed E-state index contributed by atoms with van der Waals surface area (Å²) in [6.07, 6.45) is 5.52. The van der Waals surface area contributed by atoms with Crippen LogP contribution in [-0.2, 0) is 11.2 Å². The van der Waals surface area contributed by atoms with E-state index in [4.69, 9.17) is 0 Å². The Balaban J connectivity index is 1.44. The highest BCUT2D eigenvalue weighted by molar-refractivity contribution is 7.09. The number of nitrogens with zero attached hydrogens (tertiary/aromatic N) is 4. The standard InChI is InChI=1S/C19H24N4OS/c1-14-20-9-6-18(21-14)22-10-8-17-15(13-22)4-5-19(24)23(17)11-7-16-3-2-12-25-16/h2-3,6,9,12,15,17H,4-5,7-8,10-11,13H2,1H3/t15-,17+/m0/s1. The van der Waals surface area contributed by atoms with E-state index in [1.807, 2.05) is 19.2 Å². The van der Waals surface area contributed by atoms with Gasteiger partial charge in [0.1, 0.15) is 11.6 Å². The van der Waals surface area contributed by atoms with Crippen LogP contribution >= 0.6 is 11.3 Å². The Labute approximate surface area is 152 Å². The van der Waals surface area contributed by atoms with Gasteiger partial charge in [-0.1, -0.05) is 6.07 Å². The Hall–Kier alpha value is -1.95. The predicted octanol–water partition coefficient (Wildman–Crippen LogP) is 2.91. The van der Waals surface area contributed by atoms with Gasteiger partial charge in [0.2, 0.25) is 5.91 Å². The number of aryl methyl sites for hydroxylation is 1. The van der Waals surface area contributed by atoms with Crippen LogP contribution in [0.3, 0.4) is 0 Å². The van der Waals surface area contributed by atoms with E-state index in [2.05, 4.69) is 37.3 Å². The van der Waals surface area contributed by atoms with E-state index < -0.39 is 0 Å². The third-order valence-corrected chi connectivity index (χ3v) is 6.34. The van der Waals surface area contributed by atoms with Crippen molar-refractivity contribution in [3.8, 4) is 0 Å². The largest absolute Gasteiger partial charge is 0.356 e. The zero-order chi connectivity index (χ0) is 17.2. The van der Waals surface area contributed by atoms with Crippen molar-refractivity contribution in [2.45, 2.75) is 38.6 Å². The molecular weight excluding hydrogens is 332 g/mol. The third kappa shape index (κ3) is 3.54. The molecule has 132 valence electrons. The molecule has 0 spiro atoms. The van der Waals surface area contributed by atoms with Crippen LogP contribution in [0, 0.1) is 12.8 Å². The van der Waals surface area contributed by atoms with E-state index in [1.54, 1.807) is 11.3 Å². The van der Waals surface area contributed by atoms with Crippen molar-refractivity contribution < 1.29 is 4.79 Å². The fraction of sp³-hybridized carbons (Fsp3) is 0.526. The molecule has 5 nitrogen and oxygen atoms in total. The average molecular weight is 356 g/mol. The Kier molecular flexibility index (Phi) is 4.70. The topological polar surface area (TPSA) is 49.3 Å². The molecule has 1 amide bonds. The van der Waals surface area contributed by atoms with Crippen molar-refractivity contribution in [3.05, 3.63) is 40.5 Å². The maximum atomic E-state index is 12.5. The Morgan fingerprint density at radius 2 is 2.24 bits per heavy atom. The molecule has 0 radical (unpaired) electrons. The maximum Gasteiger partial charge on any atom is 0.222 e. The molecule has 0 N–H and O–H groups in total. The first-order valence-corrected chi connectivity index (χ1v) is 9.95. The quantitative estimate of drug-likeness (QED) is 0.845. The molecule has 25 heavy (non-hydrogen) atoms. The van der Waals surface area contributed by atoms with E-state index in [1.165, 1.54) is 4.88 Å². The fourth-order valence-electron chi connectivity index (χ4n) is 4.16. The SMILES string of the molecule is Cc1nccc(N2CC[C@@H]3[C@@H](CCC(=O)N3CCc3cccs3)C2)n1. The summed E-state index contributed by atoms with van der Waals surface area (Å²) < 4.78 is 0. The lowest BCUT2D eigenvalue weighted by Gasteiger charge is -2.47. The maximum absolute atomic E-state index is 12.5. The number of hydrogen-bond acceptors (Lipinski definition) is 5. The zero-order valence-corrected chi connectivity index (χ0v) is 15.4. The van der Waals surface area contributed by atoms with Gasteiger partial charge in [0.25, 0.3) is 0 Å². The van der Waals surface area contributed by atoms with Crippen LogP contribution in [0.25, 0.3) is 0 Å². The van der Waals surface area contributed by atoms with Gasteiger partial charge in [-0.2, -0.15) is 0 Å². The monoisotopic (exact) mass is 356 g/mol. The number of carbonyl (C=O) groups excluding carboxylic acids is 1. The van der Waals surface area contributed by atoms with Crippen LogP contribution in [0.2, 0.25) is 0 Å². The highest BCUT2D eigenvalue weighted by Crippen LogP contribution is 2.33. The number of hydrogen-bond donors (Lipinski definition) is 0. The Bertz CT molecular complexity index is 733. The highest BCUT2D eigenvalue weighted by atomic mass is 32.1. The molecule has 2 aromatic rings. The highest BCUT2D eigenvalue weighted by Gasteiger charge is 2.39. The summed E-state index contributed by atoms with van der Waals surface area (Å²) in [5, 5.41) is 2.11. The predicted molar refractivity (Wildman–Crippen MR) is 99.8 cm³/mol. The molecule has 2 saturated heterocycles. The summed E-state index contributed by atoms with van der Waals surface area (Å²) in [4.78, 5) is 27.2. The first-order chi connectivity index (χ1) is 12.2. The molecule has 0 aromatic carbocycles. The van der Waals surface area contributed by atoms with E-state index in [0.717, 1.165) is 50.5 Å². The Morgan fingerprint density at radius 1 is 1.32 bits per heavy atom. The second-order valence-electron chi connectivity index (χ2n) is 6.98. The number of piperidine rings is 2. The second kappa shape index (κ2) is 7.12. The molecule has 0 aliphatic carbocycles. The van der Waals surface area contributed by atoms with Gasteiger partial charge in [-0.25, -0.2) is 9.97 Å². The first kappa shape index (κ1) is 16.5. The molecule has 0 unspecified atom stereocenters. The second-order valence-corrected chi connectivity index (χ2v) is 8.01. The normalized spacial score (nSPS) is 23.6. The lowest BCUT2D eigenvalue weighted by atomic mass is 9.83. The molecular formula is C19H24N4OS. The molecule has 2 fully saturated rings. The molecule has 0 bridgehead atoms. The number of fused-ring (bicyclic) bond motifs is 1. The molecule has 4 heterocycles.